The number of ether oxygens (including phenoxy) is 3. The van der Waals surface area contributed by atoms with Gasteiger partial charge in [-0.25, -0.2) is 4.79 Å². The summed E-state index contributed by atoms with van der Waals surface area (Å²) < 4.78 is 18.9. The van der Waals surface area contributed by atoms with Crippen molar-refractivity contribution in [2.24, 2.45) is 4.99 Å². The summed E-state index contributed by atoms with van der Waals surface area (Å²) in [6, 6.07) is 10.2. The second kappa shape index (κ2) is 7.92. The number of fused-ring (bicyclic) bond motifs is 2. The van der Waals surface area contributed by atoms with Gasteiger partial charge in [0.1, 0.15) is 13.2 Å². The number of methoxy groups -OCH3 is 1. The Morgan fingerprint density at radius 2 is 1.90 bits per heavy atom. The topological polar surface area (TPSA) is 79.1 Å². The summed E-state index contributed by atoms with van der Waals surface area (Å²) in [6.07, 6.45) is 1.73. The van der Waals surface area contributed by atoms with Crippen LogP contribution in [-0.4, -0.2) is 36.8 Å². The Labute approximate surface area is 170 Å². The molecule has 0 fully saturated rings. The third-order valence-corrected chi connectivity index (χ3v) is 5.46. The number of aromatic nitrogens is 1. The highest BCUT2D eigenvalue weighted by molar-refractivity contribution is 7.16. The Morgan fingerprint density at radius 3 is 2.59 bits per heavy atom. The first kappa shape index (κ1) is 18.9. The summed E-state index contributed by atoms with van der Waals surface area (Å²) in [7, 11) is 1.27. The fourth-order valence-corrected chi connectivity index (χ4v) is 4.15. The van der Waals surface area contributed by atoms with E-state index in [2.05, 4.69) is 11.6 Å². The van der Waals surface area contributed by atoms with Gasteiger partial charge in [0.25, 0.3) is 5.91 Å². The van der Waals surface area contributed by atoms with Crippen LogP contribution < -0.4 is 14.3 Å². The molecule has 0 N–H and O–H groups in total. The average Bonchev–Trinajstić information content (AvgIpc) is 3.07. The molecule has 7 nitrogen and oxygen atoms in total. The molecule has 0 atom stereocenters. The quantitative estimate of drug-likeness (QED) is 0.488. The molecule has 1 aliphatic heterocycles. The minimum atomic E-state index is -0.582. The summed E-state index contributed by atoms with van der Waals surface area (Å²) in [6.45, 7) is 5.25. The first-order valence-electron chi connectivity index (χ1n) is 8.92. The number of carbonyl (C=O) groups excluding carboxylic acids is 2. The average molecular weight is 410 g/mol. The summed E-state index contributed by atoms with van der Waals surface area (Å²) in [5.74, 6) is 0.229. The minimum absolute atomic E-state index is 0.178. The van der Waals surface area contributed by atoms with E-state index < -0.39 is 11.9 Å². The van der Waals surface area contributed by atoms with E-state index in [4.69, 9.17) is 14.2 Å². The molecule has 0 saturated carbocycles. The number of hydrogen-bond acceptors (Lipinski definition) is 6. The molecule has 0 aliphatic carbocycles. The van der Waals surface area contributed by atoms with Gasteiger partial charge in [0.15, 0.2) is 16.3 Å². The van der Waals surface area contributed by atoms with Crippen molar-refractivity contribution in [2.75, 3.05) is 20.3 Å². The van der Waals surface area contributed by atoms with Crippen molar-refractivity contribution >= 4 is 33.4 Å². The Balaban J connectivity index is 1.86. The van der Waals surface area contributed by atoms with Crippen LogP contribution in [-0.2, 0) is 11.3 Å². The molecule has 0 spiro atoms. The van der Waals surface area contributed by atoms with Crippen LogP contribution in [0.25, 0.3) is 10.2 Å². The third kappa shape index (κ3) is 3.54. The lowest BCUT2D eigenvalue weighted by molar-refractivity contribution is 0.0597. The van der Waals surface area contributed by atoms with Crippen molar-refractivity contribution in [3.05, 3.63) is 65.0 Å². The Kier molecular flexibility index (Phi) is 5.18. The molecule has 3 aromatic rings. The van der Waals surface area contributed by atoms with Crippen LogP contribution in [0.1, 0.15) is 20.7 Å². The molecule has 2 aromatic carbocycles. The molecule has 0 bridgehead atoms. The largest absolute Gasteiger partial charge is 0.486 e. The lowest BCUT2D eigenvalue weighted by Crippen LogP contribution is -2.18. The molecule has 1 amide bonds. The van der Waals surface area contributed by atoms with Gasteiger partial charge < -0.3 is 18.8 Å². The number of allylic oxidation sites excluding steroid dienone is 1. The first-order chi connectivity index (χ1) is 14.1. The number of rotatable bonds is 4. The van der Waals surface area contributed by atoms with Gasteiger partial charge in [0.2, 0.25) is 0 Å². The van der Waals surface area contributed by atoms with E-state index in [0.29, 0.717) is 36.1 Å². The zero-order valence-electron chi connectivity index (χ0n) is 15.7. The van der Waals surface area contributed by atoms with Gasteiger partial charge >= 0.3 is 5.97 Å². The van der Waals surface area contributed by atoms with Crippen LogP contribution in [0.15, 0.2) is 54.0 Å². The molecular formula is C21H18N2O5S. The Bertz CT molecular complexity index is 1190. The van der Waals surface area contributed by atoms with Crippen molar-refractivity contribution in [2.45, 2.75) is 6.54 Å². The van der Waals surface area contributed by atoms with Gasteiger partial charge in [-0.2, -0.15) is 4.99 Å². The summed E-state index contributed by atoms with van der Waals surface area (Å²) in [5, 5.41) is 0. The maximum absolute atomic E-state index is 12.9. The highest BCUT2D eigenvalue weighted by Gasteiger charge is 2.19. The van der Waals surface area contributed by atoms with E-state index in [1.165, 1.54) is 18.4 Å². The monoisotopic (exact) mass is 410 g/mol. The van der Waals surface area contributed by atoms with Crippen LogP contribution in [0.3, 0.4) is 0 Å². The highest BCUT2D eigenvalue weighted by atomic mass is 32.1. The first-order valence-corrected chi connectivity index (χ1v) is 9.74. The van der Waals surface area contributed by atoms with Gasteiger partial charge in [-0.15, -0.1) is 6.58 Å². The van der Waals surface area contributed by atoms with Crippen molar-refractivity contribution in [1.29, 1.82) is 0 Å². The molecule has 8 heteroatoms. The number of benzene rings is 2. The molecule has 1 aromatic heterocycles. The number of thiazole rings is 1. The molecule has 148 valence electrons. The van der Waals surface area contributed by atoms with Crippen LogP contribution in [0.5, 0.6) is 11.5 Å². The van der Waals surface area contributed by atoms with Gasteiger partial charge in [-0.05, 0) is 12.1 Å². The fourth-order valence-electron chi connectivity index (χ4n) is 3.10. The van der Waals surface area contributed by atoms with Crippen molar-refractivity contribution in [3.63, 3.8) is 0 Å². The van der Waals surface area contributed by atoms with Crippen molar-refractivity contribution < 1.29 is 23.8 Å². The standard InChI is InChI=1S/C21H18N2O5S/c1-3-8-23-15-11-16-17(28-10-9-27-16)12-18(15)29-21(23)22-19(24)13-6-4-5-7-14(13)20(25)26-2/h3-7,11-12H,1,8-10H2,2H3. The fraction of sp³-hybridized carbons (Fsp3) is 0.190. The highest BCUT2D eigenvalue weighted by Crippen LogP contribution is 2.35. The van der Waals surface area contributed by atoms with E-state index in [-0.39, 0.29) is 11.1 Å². The minimum Gasteiger partial charge on any atom is -0.486 e. The van der Waals surface area contributed by atoms with E-state index in [1.807, 2.05) is 16.7 Å². The molecular weight excluding hydrogens is 392 g/mol. The SMILES string of the molecule is C=CCn1c(=NC(=O)c2ccccc2C(=O)OC)sc2cc3c(cc21)OCCO3. The van der Waals surface area contributed by atoms with E-state index in [1.54, 1.807) is 30.3 Å². The third-order valence-electron chi connectivity index (χ3n) is 4.42. The van der Waals surface area contributed by atoms with Crippen LogP contribution in [0, 0.1) is 0 Å². The van der Waals surface area contributed by atoms with E-state index in [0.717, 1.165) is 10.2 Å². The van der Waals surface area contributed by atoms with Gasteiger partial charge in [0, 0.05) is 18.7 Å². The van der Waals surface area contributed by atoms with Crippen LogP contribution in [0.2, 0.25) is 0 Å². The van der Waals surface area contributed by atoms with Crippen LogP contribution in [0.4, 0.5) is 0 Å². The van der Waals surface area contributed by atoms with E-state index >= 15 is 0 Å². The molecule has 0 unspecified atom stereocenters. The predicted octanol–water partition coefficient (Wildman–Crippen LogP) is 3.19. The Morgan fingerprint density at radius 1 is 1.21 bits per heavy atom. The second-order valence-electron chi connectivity index (χ2n) is 6.20. The number of esters is 1. The molecule has 4 rings (SSSR count). The second-order valence-corrected chi connectivity index (χ2v) is 7.21. The Hall–Kier alpha value is -3.39. The lowest BCUT2D eigenvalue weighted by Gasteiger charge is -2.18. The number of carbonyl (C=O) groups is 2. The van der Waals surface area contributed by atoms with Crippen LogP contribution >= 0.6 is 11.3 Å². The maximum atomic E-state index is 12.9. The normalized spacial score (nSPS) is 13.3. The van der Waals surface area contributed by atoms with Crippen molar-refractivity contribution in [1.82, 2.24) is 4.57 Å². The van der Waals surface area contributed by atoms with Crippen molar-refractivity contribution in [3.8, 4) is 11.5 Å². The molecule has 0 saturated heterocycles. The predicted molar refractivity (Wildman–Crippen MR) is 109 cm³/mol. The molecule has 1 aliphatic rings. The number of nitrogens with zero attached hydrogens (tertiary/aromatic N) is 2. The zero-order valence-corrected chi connectivity index (χ0v) is 16.5. The summed E-state index contributed by atoms with van der Waals surface area (Å²) >= 11 is 1.36. The summed E-state index contributed by atoms with van der Waals surface area (Å²) in [5.41, 5.74) is 1.23. The lowest BCUT2D eigenvalue weighted by atomic mass is 10.1. The van der Waals surface area contributed by atoms with Gasteiger partial charge in [-0.3, -0.25) is 4.79 Å². The van der Waals surface area contributed by atoms with E-state index in [9.17, 15) is 9.59 Å². The summed E-state index contributed by atoms with van der Waals surface area (Å²) in [4.78, 5) is 29.7. The molecule has 0 radical (unpaired) electrons. The van der Waals surface area contributed by atoms with Gasteiger partial charge in [0.05, 0.1) is 28.5 Å². The zero-order chi connectivity index (χ0) is 20.4. The smallest absolute Gasteiger partial charge is 0.338 e. The number of hydrogen-bond donors (Lipinski definition) is 0. The maximum Gasteiger partial charge on any atom is 0.338 e. The number of amides is 1. The van der Waals surface area contributed by atoms with Gasteiger partial charge in [-0.1, -0.05) is 29.5 Å². The molecule has 2 heterocycles. The molecule has 29 heavy (non-hydrogen) atoms.